The molecule has 3 aromatic rings. The lowest BCUT2D eigenvalue weighted by molar-refractivity contribution is -0.290. The van der Waals surface area contributed by atoms with Crippen molar-refractivity contribution in [3.63, 3.8) is 0 Å². The van der Waals surface area contributed by atoms with Crippen LogP contribution in [-0.2, 0) is 48.4 Å². The highest BCUT2D eigenvalue weighted by molar-refractivity contribution is 7.88. The molecule has 1 aliphatic heterocycles. The Hall–Kier alpha value is -3.44. The summed E-state index contributed by atoms with van der Waals surface area (Å²) >= 11 is 0. The third-order valence-corrected chi connectivity index (χ3v) is 9.23. The van der Waals surface area contributed by atoms with Crippen LogP contribution in [0.25, 0.3) is 28.5 Å². The Labute approximate surface area is 290 Å². The lowest BCUT2D eigenvalue weighted by Gasteiger charge is -2.40. The van der Waals surface area contributed by atoms with Crippen molar-refractivity contribution < 1.29 is 31.8 Å². The molecule has 0 bridgehead atoms. The summed E-state index contributed by atoms with van der Waals surface area (Å²) in [4.78, 5) is 18.1. The van der Waals surface area contributed by atoms with Crippen molar-refractivity contribution in [1.29, 1.82) is 0 Å². The van der Waals surface area contributed by atoms with Crippen LogP contribution in [0.5, 0.6) is 0 Å². The third kappa shape index (κ3) is 9.63. The summed E-state index contributed by atoms with van der Waals surface area (Å²) in [5, 5.41) is 0. The third-order valence-electron chi connectivity index (χ3n) is 8.56. The molecule has 49 heavy (non-hydrogen) atoms. The number of nitrogens with one attached hydrogen (secondary N) is 1. The first-order valence-corrected chi connectivity index (χ1v) is 18.9. The number of rotatable bonds is 9. The summed E-state index contributed by atoms with van der Waals surface area (Å²) in [7, 11) is -3.37. The van der Waals surface area contributed by atoms with Crippen molar-refractivity contribution in [1.82, 2.24) is 9.71 Å². The van der Waals surface area contributed by atoms with Crippen LogP contribution < -0.4 is 4.72 Å². The zero-order valence-electron chi connectivity index (χ0n) is 29.9. The lowest BCUT2D eigenvalue weighted by atomic mass is 9.86. The van der Waals surface area contributed by atoms with Gasteiger partial charge >= 0.3 is 5.97 Å². The maximum atomic E-state index is 14.3. The second-order valence-corrected chi connectivity index (χ2v) is 16.7. The van der Waals surface area contributed by atoms with Crippen LogP contribution >= 0.6 is 0 Å². The topological polar surface area (TPSA) is 104 Å². The highest BCUT2D eigenvalue weighted by Crippen LogP contribution is 2.42. The summed E-state index contributed by atoms with van der Waals surface area (Å²) in [5.41, 5.74) is 8.05. The number of ether oxygens (including phenoxy) is 3. The second kappa shape index (κ2) is 14.4. The van der Waals surface area contributed by atoms with Gasteiger partial charge in [0.2, 0.25) is 10.0 Å². The molecule has 0 spiro atoms. The van der Waals surface area contributed by atoms with E-state index in [2.05, 4.69) is 30.7 Å². The van der Waals surface area contributed by atoms with Crippen molar-refractivity contribution in [2.24, 2.45) is 0 Å². The fourth-order valence-electron chi connectivity index (χ4n) is 6.69. The van der Waals surface area contributed by atoms with Gasteiger partial charge in [0.15, 0.2) is 5.79 Å². The fourth-order valence-corrected chi connectivity index (χ4v) is 7.11. The molecule has 2 heterocycles. The van der Waals surface area contributed by atoms with E-state index < -0.39 is 21.4 Å². The number of aromatic nitrogens is 1. The largest absolute Gasteiger partial charge is 0.460 e. The van der Waals surface area contributed by atoms with Gasteiger partial charge in [-0.05, 0) is 106 Å². The van der Waals surface area contributed by atoms with Gasteiger partial charge in [-0.3, -0.25) is 9.78 Å². The molecule has 1 N–H and O–H groups in total. The second-order valence-electron chi connectivity index (χ2n) is 14.9. The minimum absolute atomic E-state index is 0.0397. The Balaban J connectivity index is 1.61. The molecule has 1 aromatic heterocycles. The average Bonchev–Trinajstić information content (AvgIpc) is 3.15. The van der Waals surface area contributed by atoms with Crippen LogP contribution in [0.1, 0.15) is 102 Å². The minimum Gasteiger partial charge on any atom is -0.460 e. The maximum absolute atomic E-state index is 14.3. The first-order valence-electron chi connectivity index (χ1n) is 17.0. The number of nitrogens with zero attached hydrogens (tertiary/aromatic N) is 1. The fraction of sp³-hybridized carbons (Fsp3) is 0.487. The van der Waals surface area contributed by atoms with Crippen molar-refractivity contribution in [2.45, 2.75) is 117 Å². The predicted molar refractivity (Wildman–Crippen MR) is 191 cm³/mol. The van der Waals surface area contributed by atoms with Crippen molar-refractivity contribution in [3.8, 4) is 22.4 Å². The Morgan fingerprint density at radius 1 is 1.12 bits per heavy atom. The summed E-state index contributed by atoms with van der Waals surface area (Å²) < 4.78 is 58.6. The summed E-state index contributed by atoms with van der Waals surface area (Å²) in [5.74, 6) is -1.51. The van der Waals surface area contributed by atoms with Crippen molar-refractivity contribution in [3.05, 3.63) is 82.3 Å². The Morgan fingerprint density at radius 3 is 2.49 bits per heavy atom. The molecule has 1 saturated heterocycles. The van der Waals surface area contributed by atoms with Gasteiger partial charge < -0.3 is 14.2 Å². The molecule has 1 aliphatic carbocycles. The van der Waals surface area contributed by atoms with Gasteiger partial charge in [0.1, 0.15) is 11.4 Å². The standard InChI is InChI=1S/C39H49FN2O6S/c1-24(2)36-32(19-18-29-21-30(47-39(6,7)46-29)22-34(43)48-38(3,4)5)35(27-14-16-28(40)17-15-27)31-11-9-10-26-13-12-25(23-41-49(8,44)45)20-33(26)37(31)42-36/h12-20,24,29-30,41H,9-11,21-23H2,1-8H3/b19-18+/t29-,30-/m1/s1. The van der Waals surface area contributed by atoms with Crippen LogP contribution in [0.4, 0.5) is 4.39 Å². The molecule has 5 rings (SSSR count). The van der Waals surface area contributed by atoms with Gasteiger partial charge in [-0.15, -0.1) is 0 Å². The van der Waals surface area contributed by atoms with Gasteiger partial charge in [-0.2, -0.15) is 0 Å². The Morgan fingerprint density at radius 2 is 1.84 bits per heavy atom. The van der Waals surface area contributed by atoms with E-state index in [-0.39, 0.29) is 42.9 Å². The molecule has 10 heteroatoms. The van der Waals surface area contributed by atoms with Gasteiger partial charge in [0.05, 0.1) is 36.3 Å². The quantitative estimate of drug-likeness (QED) is 0.228. The van der Waals surface area contributed by atoms with Crippen LogP contribution in [0, 0.1) is 5.82 Å². The zero-order chi connectivity index (χ0) is 35.7. The number of hydrogen-bond acceptors (Lipinski definition) is 7. The normalized spacial score (nSPS) is 19.4. The molecule has 2 aromatic carbocycles. The zero-order valence-corrected chi connectivity index (χ0v) is 30.7. The van der Waals surface area contributed by atoms with E-state index in [0.717, 1.165) is 75.9 Å². The van der Waals surface area contributed by atoms with Gasteiger partial charge in [0, 0.05) is 24.1 Å². The summed E-state index contributed by atoms with van der Waals surface area (Å²) in [6.45, 7) is 13.6. The molecule has 2 atom stereocenters. The van der Waals surface area contributed by atoms with Crippen LogP contribution in [-0.4, -0.2) is 49.2 Å². The highest BCUT2D eigenvalue weighted by Gasteiger charge is 2.36. The molecule has 0 saturated carbocycles. The summed E-state index contributed by atoms with van der Waals surface area (Å²) in [6.07, 6.45) is 7.60. The van der Waals surface area contributed by atoms with Gasteiger partial charge in [-0.25, -0.2) is 17.5 Å². The van der Waals surface area contributed by atoms with Crippen LogP contribution in [0.2, 0.25) is 0 Å². The monoisotopic (exact) mass is 692 g/mol. The van der Waals surface area contributed by atoms with E-state index in [9.17, 15) is 17.6 Å². The van der Waals surface area contributed by atoms with E-state index in [4.69, 9.17) is 19.2 Å². The van der Waals surface area contributed by atoms with Crippen molar-refractivity contribution >= 4 is 22.1 Å². The molecule has 8 nitrogen and oxygen atoms in total. The lowest BCUT2D eigenvalue weighted by Crippen LogP contribution is -2.45. The number of carbonyl (C=O) groups is 1. The average molecular weight is 693 g/mol. The van der Waals surface area contributed by atoms with Crippen molar-refractivity contribution in [2.75, 3.05) is 6.26 Å². The molecule has 0 unspecified atom stereocenters. The number of pyridine rings is 1. The Bertz CT molecular complexity index is 1830. The van der Waals surface area contributed by atoms with Gasteiger partial charge in [0.25, 0.3) is 0 Å². The van der Waals surface area contributed by atoms with E-state index in [0.29, 0.717) is 6.42 Å². The molecule has 0 radical (unpaired) electrons. The number of fused-ring (bicyclic) bond motifs is 3. The van der Waals surface area contributed by atoms with Crippen LogP contribution in [0.15, 0.2) is 48.5 Å². The number of hydrogen-bond donors (Lipinski definition) is 1. The van der Waals surface area contributed by atoms with E-state index >= 15 is 0 Å². The number of benzene rings is 2. The molecule has 1 fully saturated rings. The SMILES string of the molecule is CC(C)c1nc2c(c(-c3ccc(F)cc3)c1/C=C/[C@@H]1C[C@H](CC(=O)OC(C)(C)C)OC(C)(C)O1)CCCc1ccc(CNS(C)(=O)=O)cc1-2. The first-order chi connectivity index (χ1) is 22.9. The number of halogens is 1. The number of sulfonamides is 1. The Kier molecular flexibility index (Phi) is 10.8. The van der Waals surface area contributed by atoms with E-state index in [1.54, 1.807) is 0 Å². The smallest absolute Gasteiger partial charge is 0.308 e. The number of aryl methyl sites for hydroxylation is 1. The first kappa shape index (κ1) is 36.8. The minimum atomic E-state index is -3.37. The molecule has 264 valence electrons. The molecular weight excluding hydrogens is 644 g/mol. The van der Waals surface area contributed by atoms with E-state index in [1.165, 1.54) is 12.1 Å². The molecular formula is C39H49FN2O6S. The number of carbonyl (C=O) groups excluding carboxylic acids is 1. The van der Waals surface area contributed by atoms with Crippen LogP contribution in [0.3, 0.4) is 0 Å². The van der Waals surface area contributed by atoms with E-state index in [1.807, 2.05) is 65.0 Å². The molecule has 0 amide bonds. The number of esters is 1. The maximum Gasteiger partial charge on any atom is 0.308 e. The molecule has 2 aliphatic rings. The highest BCUT2D eigenvalue weighted by atomic mass is 32.2. The predicted octanol–water partition coefficient (Wildman–Crippen LogP) is 7.87. The van der Waals surface area contributed by atoms with Gasteiger partial charge in [-0.1, -0.05) is 50.3 Å². The summed E-state index contributed by atoms with van der Waals surface area (Å²) in [6, 6.07) is 12.7.